The third-order valence-corrected chi connectivity index (χ3v) is 3.23. The Morgan fingerprint density at radius 3 is 2.50 bits per heavy atom. The minimum Gasteiger partial charge on any atom is -0.484 e. The van der Waals surface area contributed by atoms with Gasteiger partial charge in [-0.2, -0.15) is 0 Å². The van der Waals surface area contributed by atoms with Crippen LogP contribution in [0.1, 0.15) is 13.8 Å². The SMILES string of the molecule is CCN(CC)C(=O)COc1cccc(NC(=O)CNC(=O)CN)c1. The van der Waals surface area contributed by atoms with Gasteiger partial charge in [0.2, 0.25) is 11.8 Å². The van der Waals surface area contributed by atoms with Crippen molar-refractivity contribution >= 4 is 23.4 Å². The van der Waals surface area contributed by atoms with Gasteiger partial charge in [0.25, 0.3) is 5.91 Å². The standard InChI is InChI=1S/C16H24N4O4/c1-3-20(4-2)16(23)11-24-13-7-5-6-12(8-13)19-15(22)10-18-14(21)9-17/h5-8H,3-4,9-11,17H2,1-2H3,(H,18,21)(H,19,22). The lowest BCUT2D eigenvalue weighted by Crippen LogP contribution is -2.36. The van der Waals surface area contributed by atoms with Crippen LogP contribution in [-0.4, -0.2) is 55.4 Å². The summed E-state index contributed by atoms with van der Waals surface area (Å²) >= 11 is 0. The van der Waals surface area contributed by atoms with Crippen LogP contribution in [0.3, 0.4) is 0 Å². The molecule has 1 rings (SSSR count). The minimum atomic E-state index is -0.405. The molecule has 3 amide bonds. The molecule has 0 heterocycles. The highest BCUT2D eigenvalue weighted by Crippen LogP contribution is 2.17. The molecule has 0 atom stereocenters. The van der Waals surface area contributed by atoms with Crippen molar-refractivity contribution < 1.29 is 19.1 Å². The number of amides is 3. The van der Waals surface area contributed by atoms with Crippen molar-refractivity contribution in [1.29, 1.82) is 0 Å². The predicted octanol–water partition coefficient (Wildman–Crippen LogP) is -0.0528. The molecule has 0 aliphatic carbocycles. The first-order chi connectivity index (χ1) is 11.5. The molecule has 0 saturated carbocycles. The topological polar surface area (TPSA) is 114 Å². The van der Waals surface area contributed by atoms with E-state index in [0.717, 1.165) is 0 Å². The highest BCUT2D eigenvalue weighted by Gasteiger charge is 2.10. The maximum Gasteiger partial charge on any atom is 0.260 e. The lowest BCUT2D eigenvalue weighted by Gasteiger charge is -2.18. The number of benzene rings is 1. The molecule has 0 aromatic heterocycles. The largest absolute Gasteiger partial charge is 0.484 e. The molecule has 8 nitrogen and oxygen atoms in total. The van der Waals surface area contributed by atoms with Crippen molar-refractivity contribution in [3.8, 4) is 5.75 Å². The number of anilines is 1. The second kappa shape index (κ2) is 10.2. The molecule has 8 heteroatoms. The Hall–Kier alpha value is -2.61. The van der Waals surface area contributed by atoms with Crippen LogP contribution in [0.15, 0.2) is 24.3 Å². The van der Waals surface area contributed by atoms with Crippen LogP contribution in [0.25, 0.3) is 0 Å². The molecule has 0 unspecified atom stereocenters. The first kappa shape index (κ1) is 19.4. The molecule has 4 N–H and O–H groups in total. The van der Waals surface area contributed by atoms with Gasteiger partial charge in [-0.1, -0.05) is 6.07 Å². The highest BCUT2D eigenvalue weighted by atomic mass is 16.5. The van der Waals surface area contributed by atoms with E-state index in [9.17, 15) is 14.4 Å². The average molecular weight is 336 g/mol. The van der Waals surface area contributed by atoms with Gasteiger partial charge in [0.1, 0.15) is 5.75 Å². The molecule has 0 fully saturated rings. The number of nitrogens with zero attached hydrogens (tertiary/aromatic N) is 1. The molecule has 0 aliphatic rings. The summed E-state index contributed by atoms with van der Waals surface area (Å²) in [5.74, 6) is -0.413. The van der Waals surface area contributed by atoms with Crippen LogP contribution in [0, 0.1) is 0 Å². The van der Waals surface area contributed by atoms with Gasteiger partial charge in [-0.3, -0.25) is 14.4 Å². The summed E-state index contributed by atoms with van der Waals surface area (Å²) < 4.78 is 5.46. The zero-order chi connectivity index (χ0) is 17.9. The Bertz CT molecular complexity index is 573. The number of hydrogen-bond donors (Lipinski definition) is 3. The van der Waals surface area contributed by atoms with E-state index in [2.05, 4.69) is 10.6 Å². The average Bonchev–Trinajstić information content (AvgIpc) is 2.59. The van der Waals surface area contributed by atoms with Gasteiger partial charge >= 0.3 is 0 Å². The molecular formula is C16H24N4O4. The van der Waals surface area contributed by atoms with Gasteiger partial charge in [0.15, 0.2) is 6.61 Å². The molecule has 0 radical (unpaired) electrons. The van der Waals surface area contributed by atoms with Crippen molar-refractivity contribution in [2.24, 2.45) is 5.73 Å². The zero-order valence-corrected chi connectivity index (χ0v) is 14.0. The van der Waals surface area contributed by atoms with Crippen molar-refractivity contribution in [3.63, 3.8) is 0 Å². The summed E-state index contributed by atoms with van der Waals surface area (Å²) in [5, 5.41) is 5.00. The van der Waals surface area contributed by atoms with Gasteiger partial charge in [0.05, 0.1) is 13.1 Å². The zero-order valence-electron chi connectivity index (χ0n) is 14.0. The van der Waals surface area contributed by atoms with Crippen LogP contribution in [0.5, 0.6) is 5.75 Å². The fourth-order valence-corrected chi connectivity index (χ4v) is 1.93. The third-order valence-electron chi connectivity index (χ3n) is 3.23. The summed E-state index contributed by atoms with van der Waals surface area (Å²) in [7, 11) is 0. The molecule has 132 valence electrons. The maximum absolute atomic E-state index is 11.9. The number of hydrogen-bond acceptors (Lipinski definition) is 5. The summed E-state index contributed by atoms with van der Waals surface area (Å²) in [6.07, 6.45) is 0. The number of carbonyl (C=O) groups is 3. The van der Waals surface area contributed by atoms with E-state index in [1.165, 1.54) is 0 Å². The normalized spacial score (nSPS) is 9.96. The van der Waals surface area contributed by atoms with E-state index in [4.69, 9.17) is 10.5 Å². The minimum absolute atomic E-state index is 0.0639. The van der Waals surface area contributed by atoms with Crippen molar-refractivity contribution in [2.75, 3.05) is 38.1 Å². The number of nitrogens with one attached hydrogen (secondary N) is 2. The van der Waals surface area contributed by atoms with Crippen molar-refractivity contribution in [1.82, 2.24) is 10.2 Å². The first-order valence-electron chi connectivity index (χ1n) is 7.77. The van der Waals surface area contributed by atoms with E-state index < -0.39 is 5.91 Å². The second-order valence-electron chi connectivity index (χ2n) is 4.91. The number of ether oxygens (including phenoxy) is 1. The smallest absolute Gasteiger partial charge is 0.260 e. The highest BCUT2D eigenvalue weighted by molar-refractivity contribution is 5.94. The molecule has 0 spiro atoms. The van der Waals surface area contributed by atoms with Gasteiger partial charge in [0, 0.05) is 24.8 Å². The van der Waals surface area contributed by atoms with Crippen LogP contribution >= 0.6 is 0 Å². The monoisotopic (exact) mass is 336 g/mol. The lowest BCUT2D eigenvalue weighted by atomic mass is 10.3. The van der Waals surface area contributed by atoms with Crippen molar-refractivity contribution in [2.45, 2.75) is 13.8 Å². The second-order valence-corrected chi connectivity index (χ2v) is 4.91. The summed E-state index contributed by atoms with van der Waals surface area (Å²) in [5.41, 5.74) is 5.65. The van der Waals surface area contributed by atoms with E-state index in [1.807, 2.05) is 13.8 Å². The van der Waals surface area contributed by atoms with Gasteiger partial charge in [-0.15, -0.1) is 0 Å². The van der Waals surface area contributed by atoms with Gasteiger partial charge < -0.3 is 26.0 Å². The molecule has 0 saturated heterocycles. The number of likely N-dealkylation sites (N-methyl/N-ethyl adjacent to an activating group) is 1. The Morgan fingerprint density at radius 2 is 1.88 bits per heavy atom. The summed E-state index contributed by atoms with van der Waals surface area (Å²) in [6.45, 7) is 4.67. The summed E-state index contributed by atoms with van der Waals surface area (Å²) in [4.78, 5) is 36.3. The maximum atomic E-state index is 11.9. The van der Waals surface area contributed by atoms with Gasteiger partial charge in [-0.25, -0.2) is 0 Å². The quantitative estimate of drug-likeness (QED) is 0.585. The van der Waals surface area contributed by atoms with E-state index >= 15 is 0 Å². The van der Waals surface area contributed by atoms with Crippen LogP contribution in [0.2, 0.25) is 0 Å². The molecule has 24 heavy (non-hydrogen) atoms. The molecule has 0 bridgehead atoms. The predicted molar refractivity (Wildman–Crippen MR) is 90.6 cm³/mol. The number of rotatable bonds is 9. The molecule has 1 aromatic carbocycles. The molecule has 0 aliphatic heterocycles. The van der Waals surface area contributed by atoms with E-state index in [1.54, 1.807) is 29.2 Å². The fraction of sp³-hybridized carbons (Fsp3) is 0.438. The Kier molecular flexibility index (Phi) is 8.28. The van der Waals surface area contributed by atoms with E-state index in [-0.39, 0.29) is 31.5 Å². The number of nitrogens with two attached hydrogens (primary N) is 1. The van der Waals surface area contributed by atoms with Crippen LogP contribution in [-0.2, 0) is 14.4 Å². The Balaban J connectivity index is 2.53. The van der Waals surface area contributed by atoms with Gasteiger partial charge in [-0.05, 0) is 26.0 Å². The van der Waals surface area contributed by atoms with Crippen LogP contribution in [0.4, 0.5) is 5.69 Å². The molecule has 1 aromatic rings. The van der Waals surface area contributed by atoms with Crippen molar-refractivity contribution in [3.05, 3.63) is 24.3 Å². The first-order valence-corrected chi connectivity index (χ1v) is 7.77. The molecular weight excluding hydrogens is 312 g/mol. The number of carbonyl (C=O) groups excluding carboxylic acids is 3. The Labute approximate surface area is 141 Å². The summed E-state index contributed by atoms with van der Waals surface area (Å²) in [6, 6.07) is 6.69. The van der Waals surface area contributed by atoms with Crippen LogP contribution < -0.4 is 21.1 Å². The Morgan fingerprint density at radius 1 is 1.17 bits per heavy atom. The lowest BCUT2D eigenvalue weighted by molar-refractivity contribution is -0.133. The third kappa shape index (κ3) is 6.66. The fourth-order valence-electron chi connectivity index (χ4n) is 1.93. The van der Waals surface area contributed by atoms with E-state index in [0.29, 0.717) is 24.5 Å².